The van der Waals surface area contributed by atoms with E-state index >= 15 is 0 Å². The quantitative estimate of drug-likeness (QED) is 0.617. The Morgan fingerprint density at radius 3 is 2.46 bits per heavy atom. The van der Waals surface area contributed by atoms with Crippen LogP contribution in [0.2, 0.25) is 0 Å². The van der Waals surface area contributed by atoms with E-state index in [2.05, 4.69) is 5.32 Å². The van der Waals surface area contributed by atoms with Gasteiger partial charge in [-0.05, 0) is 12.5 Å². The van der Waals surface area contributed by atoms with Gasteiger partial charge in [0.15, 0.2) is 5.60 Å². The van der Waals surface area contributed by atoms with Crippen molar-refractivity contribution in [3.05, 3.63) is 35.9 Å². The molecule has 0 saturated carbocycles. The molecule has 0 radical (unpaired) electrons. The summed E-state index contributed by atoms with van der Waals surface area (Å²) in [5.74, 6) is -0.304. The summed E-state index contributed by atoms with van der Waals surface area (Å²) in [4.78, 5) is 11.0. The van der Waals surface area contributed by atoms with Crippen molar-refractivity contribution in [3.63, 3.8) is 0 Å². The fraction of sp³-hybridized carbons (Fsp3) is 0.300. The van der Waals surface area contributed by atoms with E-state index in [-0.39, 0.29) is 11.9 Å². The van der Waals surface area contributed by atoms with Crippen molar-refractivity contribution in [3.8, 4) is 0 Å². The zero-order chi connectivity index (χ0) is 9.47. The first-order chi connectivity index (χ1) is 6.12. The third-order valence-electron chi connectivity index (χ3n) is 2.43. The molecule has 1 saturated heterocycles. The lowest BCUT2D eigenvalue weighted by atomic mass is 9.82. The molecule has 0 spiro atoms. The highest BCUT2D eigenvalue weighted by molar-refractivity contribution is 5.92. The van der Waals surface area contributed by atoms with Crippen molar-refractivity contribution >= 4 is 5.91 Å². The van der Waals surface area contributed by atoms with E-state index in [4.69, 9.17) is 0 Å². The highest BCUT2D eigenvalue weighted by atomic mass is 16.3. The molecule has 1 aromatic carbocycles. The molecule has 1 aliphatic heterocycles. The van der Waals surface area contributed by atoms with Crippen molar-refractivity contribution in [2.75, 3.05) is 0 Å². The molecule has 2 rings (SSSR count). The van der Waals surface area contributed by atoms with E-state index < -0.39 is 5.60 Å². The maximum absolute atomic E-state index is 11.0. The average Bonchev–Trinajstić information content (AvgIpc) is 2.15. The Morgan fingerprint density at radius 1 is 1.38 bits per heavy atom. The van der Waals surface area contributed by atoms with Crippen LogP contribution in [0, 0.1) is 0 Å². The molecule has 1 aliphatic rings. The number of nitrogens with one attached hydrogen (secondary N) is 1. The highest BCUT2D eigenvalue weighted by Crippen LogP contribution is 2.33. The Kier molecular flexibility index (Phi) is 1.63. The minimum atomic E-state index is -1.25. The fourth-order valence-corrected chi connectivity index (χ4v) is 1.52. The van der Waals surface area contributed by atoms with Gasteiger partial charge in [-0.2, -0.15) is 0 Å². The van der Waals surface area contributed by atoms with Gasteiger partial charge in [-0.15, -0.1) is 0 Å². The number of hydrogen-bond donors (Lipinski definition) is 2. The van der Waals surface area contributed by atoms with Gasteiger partial charge in [-0.3, -0.25) is 4.79 Å². The zero-order valence-corrected chi connectivity index (χ0v) is 7.32. The van der Waals surface area contributed by atoms with Gasteiger partial charge in [0.05, 0.1) is 6.04 Å². The summed E-state index contributed by atoms with van der Waals surface area (Å²) in [7, 11) is 0. The molecule has 1 heterocycles. The smallest absolute Gasteiger partial charge is 0.254 e. The van der Waals surface area contributed by atoms with Crippen molar-refractivity contribution < 1.29 is 9.90 Å². The Hall–Kier alpha value is -1.35. The van der Waals surface area contributed by atoms with Crippen LogP contribution in [0.4, 0.5) is 0 Å². The van der Waals surface area contributed by atoms with Crippen molar-refractivity contribution in [2.24, 2.45) is 0 Å². The second-order valence-corrected chi connectivity index (χ2v) is 3.46. The van der Waals surface area contributed by atoms with E-state index in [1.807, 2.05) is 30.3 Å². The van der Waals surface area contributed by atoms with E-state index in [1.54, 1.807) is 0 Å². The minimum absolute atomic E-state index is 0.263. The van der Waals surface area contributed by atoms with Gasteiger partial charge in [0.25, 0.3) is 5.91 Å². The Balaban J connectivity index is 2.27. The number of β-lactam (4-membered cyclic amide) rings is 1. The molecule has 0 unspecified atom stereocenters. The molecule has 1 amide bonds. The lowest BCUT2D eigenvalue weighted by Crippen LogP contribution is -2.64. The molecule has 2 atom stereocenters. The molecule has 0 bridgehead atoms. The SMILES string of the molecule is C[C@]1(O)C(=O)N[C@H]1c1ccccc1. The van der Waals surface area contributed by atoms with Gasteiger partial charge in [-0.1, -0.05) is 30.3 Å². The molecular weight excluding hydrogens is 166 g/mol. The Morgan fingerprint density at radius 2 is 2.00 bits per heavy atom. The highest BCUT2D eigenvalue weighted by Gasteiger charge is 2.50. The third-order valence-corrected chi connectivity index (χ3v) is 2.43. The molecule has 2 N–H and O–H groups in total. The standard InChI is InChI=1S/C10H11NO2/c1-10(13)8(11-9(10)12)7-5-3-2-4-6-7/h2-6,8,13H,1H3,(H,11,12)/t8-,10+/m0/s1. The van der Waals surface area contributed by atoms with E-state index in [9.17, 15) is 9.90 Å². The van der Waals surface area contributed by atoms with Crippen LogP contribution in [-0.4, -0.2) is 16.6 Å². The van der Waals surface area contributed by atoms with Gasteiger partial charge in [0, 0.05) is 0 Å². The molecule has 0 aliphatic carbocycles. The molecule has 13 heavy (non-hydrogen) atoms. The van der Waals surface area contributed by atoms with Crippen LogP contribution in [0.3, 0.4) is 0 Å². The van der Waals surface area contributed by atoms with Crippen LogP contribution in [-0.2, 0) is 4.79 Å². The first-order valence-electron chi connectivity index (χ1n) is 4.20. The predicted octanol–water partition coefficient (Wildman–Crippen LogP) is 0.608. The number of aliphatic hydroxyl groups is 1. The maximum atomic E-state index is 11.0. The zero-order valence-electron chi connectivity index (χ0n) is 7.32. The van der Waals surface area contributed by atoms with Crippen LogP contribution in [0.5, 0.6) is 0 Å². The van der Waals surface area contributed by atoms with Gasteiger partial charge < -0.3 is 10.4 Å². The number of amides is 1. The van der Waals surface area contributed by atoms with Crippen LogP contribution in [0.1, 0.15) is 18.5 Å². The summed E-state index contributed by atoms with van der Waals surface area (Å²) < 4.78 is 0. The lowest BCUT2D eigenvalue weighted by Gasteiger charge is -2.42. The van der Waals surface area contributed by atoms with Gasteiger partial charge in [0.1, 0.15) is 0 Å². The van der Waals surface area contributed by atoms with Crippen LogP contribution >= 0.6 is 0 Å². The first kappa shape index (κ1) is 8.26. The number of rotatable bonds is 1. The molecule has 3 heteroatoms. The summed E-state index contributed by atoms with van der Waals surface area (Å²) in [6.07, 6.45) is 0. The van der Waals surface area contributed by atoms with E-state index in [1.165, 1.54) is 6.92 Å². The molecule has 0 aromatic heterocycles. The van der Waals surface area contributed by atoms with Gasteiger partial charge in [-0.25, -0.2) is 0 Å². The summed E-state index contributed by atoms with van der Waals surface area (Å²) in [6, 6.07) is 9.18. The monoisotopic (exact) mass is 177 g/mol. The third kappa shape index (κ3) is 1.12. The summed E-state index contributed by atoms with van der Waals surface area (Å²) in [5, 5.41) is 12.3. The number of benzene rings is 1. The Bertz CT molecular complexity index is 332. The van der Waals surface area contributed by atoms with Crippen LogP contribution in [0.15, 0.2) is 30.3 Å². The minimum Gasteiger partial charge on any atom is -0.378 e. The summed E-state index contributed by atoms with van der Waals surface area (Å²) >= 11 is 0. The van der Waals surface area contributed by atoms with Gasteiger partial charge >= 0.3 is 0 Å². The summed E-state index contributed by atoms with van der Waals surface area (Å²) in [6.45, 7) is 1.53. The van der Waals surface area contributed by atoms with Crippen molar-refractivity contribution in [1.82, 2.24) is 5.32 Å². The second kappa shape index (κ2) is 2.57. The largest absolute Gasteiger partial charge is 0.378 e. The fourth-order valence-electron chi connectivity index (χ4n) is 1.52. The topological polar surface area (TPSA) is 49.3 Å². The van der Waals surface area contributed by atoms with Crippen LogP contribution < -0.4 is 5.32 Å². The molecule has 1 fully saturated rings. The number of carbonyl (C=O) groups excluding carboxylic acids is 1. The van der Waals surface area contributed by atoms with Crippen molar-refractivity contribution in [2.45, 2.75) is 18.6 Å². The molecule has 3 nitrogen and oxygen atoms in total. The normalized spacial score (nSPS) is 32.2. The molecular formula is C10H11NO2. The average molecular weight is 177 g/mol. The first-order valence-corrected chi connectivity index (χ1v) is 4.20. The van der Waals surface area contributed by atoms with Crippen LogP contribution in [0.25, 0.3) is 0 Å². The molecule has 1 aromatic rings. The van der Waals surface area contributed by atoms with E-state index in [0.29, 0.717) is 0 Å². The Labute approximate surface area is 76.4 Å². The molecule has 68 valence electrons. The summed E-state index contributed by atoms with van der Waals surface area (Å²) in [5.41, 5.74) is -0.312. The number of hydrogen-bond acceptors (Lipinski definition) is 2. The number of carbonyl (C=O) groups is 1. The van der Waals surface area contributed by atoms with Gasteiger partial charge in [0.2, 0.25) is 0 Å². The van der Waals surface area contributed by atoms with Crippen molar-refractivity contribution in [1.29, 1.82) is 0 Å². The second-order valence-electron chi connectivity index (χ2n) is 3.46. The lowest BCUT2D eigenvalue weighted by molar-refractivity contribution is -0.158. The van der Waals surface area contributed by atoms with E-state index in [0.717, 1.165) is 5.56 Å². The maximum Gasteiger partial charge on any atom is 0.254 e. The predicted molar refractivity (Wildman–Crippen MR) is 47.9 cm³/mol.